The standard InChI is InChI=1S/C13H19BrN4O2/c1-3-15-13-16-8(2)9-7-10(14)12(20)18(5-4-6-19)11(9)17-13/h7,12,19-20H,3-6H2,1-2H3,(H,15,16,17). The zero-order valence-electron chi connectivity index (χ0n) is 11.6. The van der Waals surface area contributed by atoms with E-state index < -0.39 is 6.23 Å². The van der Waals surface area contributed by atoms with E-state index >= 15 is 0 Å². The molecule has 0 saturated heterocycles. The quantitative estimate of drug-likeness (QED) is 0.751. The van der Waals surface area contributed by atoms with E-state index in [1.807, 2.05) is 19.9 Å². The van der Waals surface area contributed by atoms with Gasteiger partial charge in [0.05, 0.1) is 5.69 Å². The molecule has 0 bridgehead atoms. The van der Waals surface area contributed by atoms with Gasteiger partial charge in [-0.3, -0.25) is 0 Å². The SMILES string of the molecule is CCNc1nc(C)c2c(n1)N(CCCO)C(O)C(Br)=C2. The topological polar surface area (TPSA) is 81.5 Å². The van der Waals surface area contributed by atoms with Gasteiger partial charge < -0.3 is 20.4 Å². The van der Waals surface area contributed by atoms with Crippen molar-refractivity contribution in [2.24, 2.45) is 0 Å². The van der Waals surface area contributed by atoms with Crippen LogP contribution in [0.15, 0.2) is 4.48 Å². The van der Waals surface area contributed by atoms with Gasteiger partial charge in [0.1, 0.15) is 5.82 Å². The summed E-state index contributed by atoms with van der Waals surface area (Å²) in [6.07, 6.45) is 1.63. The van der Waals surface area contributed by atoms with E-state index in [2.05, 4.69) is 31.2 Å². The van der Waals surface area contributed by atoms with E-state index in [1.54, 1.807) is 4.90 Å². The highest BCUT2D eigenvalue weighted by molar-refractivity contribution is 9.11. The maximum absolute atomic E-state index is 10.3. The highest BCUT2D eigenvalue weighted by Crippen LogP contribution is 2.34. The summed E-state index contributed by atoms with van der Waals surface area (Å²) in [7, 11) is 0. The van der Waals surface area contributed by atoms with E-state index in [0.29, 0.717) is 29.2 Å². The molecule has 1 aromatic heterocycles. The summed E-state index contributed by atoms with van der Waals surface area (Å²) in [6.45, 7) is 5.23. The summed E-state index contributed by atoms with van der Waals surface area (Å²) in [5.74, 6) is 1.24. The summed E-state index contributed by atoms with van der Waals surface area (Å²) in [6, 6.07) is 0. The molecule has 3 N–H and O–H groups in total. The molecule has 0 saturated carbocycles. The molecule has 1 atom stereocenters. The second-order valence-electron chi connectivity index (χ2n) is 4.57. The molecule has 1 aromatic rings. The molecular formula is C13H19BrN4O2. The number of aromatic nitrogens is 2. The van der Waals surface area contributed by atoms with Crippen molar-refractivity contribution in [1.29, 1.82) is 0 Å². The van der Waals surface area contributed by atoms with Gasteiger partial charge in [0, 0.05) is 29.7 Å². The van der Waals surface area contributed by atoms with Crippen LogP contribution in [0.1, 0.15) is 24.6 Å². The number of halogens is 1. The fourth-order valence-electron chi connectivity index (χ4n) is 2.14. The first-order valence-electron chi connectivity index (χ1n) is 6.63. The summed E-state index contributed by atoms with van der Waals surface area (Å²) in [4.78, 5) is 10.7. The minimum absolute atomic E-state index is 0.0734. The third kappa shape index (κ3) is 2.94. The summed E-state index contributed by atoms with van der Waals surface area (Å²) < 4.78 is 0.672. The summed E-state index contributed by atoms with van der Waals surface area (Å²) in [5, 5.41) is 22.4. The van der Waals surface area contributed by atoms with Crippen LogP contribution in [-0.2, 0) is 0 Å². The third-order valence-corrected chi connectivity index (χ3v) is 3.74. The van der Waals surface area contributed by atoms with Gasteiger partial charge in [-0.15, -0.1) is 0 Å². The molecular weight excluding hydrogens is 324 g/mol. The lowest BCUT2D eigenvalue weighted by atomic mass is 10.1. The van der Waals surface area contributed by atoms with Gasteiger partial charge in [0.15, 0.2) is 6.23 Å². The Hall–Kier alpha value is -1.18. The molecule has 1 unspecified atom stereocenters. The molecule has 1 aliphatic heterocycles. The summed E-state index contributed by atoms with van der Waals surface area (Å²) in [5.41, 5.74) is 1.74. The highest BCUT2D eigenvalue weighted by Gasteiger charge is 2.28. The predicted molar refractivity (Wildman–Crippen MR) is 82.9 cm³/mol. The van der Waals surface area contributed by atoms with Crippen LogP contribution in [0, 0.1) is 6.92 Å². The molecule has 2 heterocycles. The van der Waals surface area contributed by atoms with E-state index in [0.717, 1.165) is 17.8 Å². The maximum atomic E-state index is 10.3. The Bertz CT molecular complexity index is 521. The molecule has 7 heteroatoms. The molecule has 0 radical (unpaired) electrons. The molecule has 1 aliphatic rings. The van der Waals surface area contributed by atoms with Crippen LogP contribution >= 0.6 is 15.9 Å². The number of fused-ring (bicyclic) bond motifs is 1. The number of anilines is 2. The van der Waals surface area contributed by atoms with Crippen LogP contribution in [0.3, 0.4) is 0 Å². The molecule has 0 aliphatic carbocycles. The van der Waals surface area contributed by atoms with Crippen molar-refractivity contribution in [3.63, 3.8) is 0 Å². The van der Waals surface area contributed by atoms with E-state index in [4.69, 9.17) is 5.11 Å². The van der Waals surface area contributed by atoms with Gasteiger partial charge >= 0.3 is 0 Å². The minimum Gasteiger partial charge on any atom is -0.396 e. The van der Waals surface area contributed by atoms with Crippen molar-refractivity contribution >= 4 is 33.8 Å². The second-order valence-corrected chi connectivity index (χ2v) is 5.49. The average molecular weight is 343 g/mol. The van der Waals surface area contributed by atoms with Crippen LogP contribution in [0.25, 0.3) is 6.08 Å². The van der Waals surface area contributed by atoms with Crippen molar-refractivity contribution in [1.82, 2.24) is 9.97 Å². The first-order valence-corrected chi connectivity index (χ1v) is 7.43. The van der Waals surface area contributed by atoms with Crippen LogP contribution in [0.2, 0.25) is 0 Å². The molecule has 0 fully saturated rings. The highest BCUT2D eigenvalue weighted by atomic mass is 79.9. The van der Waals surface area contributed by atoms with Crippen molar-refractivity contribution in [2.45, 2.75) is 26.5 Å². The third-order valence-electron chi connectivity index (χ3n) is 3.10. The fourth-order valence-corrected chi connectivity index (χ4v) is 2.61. The molecule has 0 amide bonds. The van der Waals surface area contributed by atoms with E-state index in [9.17, 15) is 5.11 Å². The zero-order valence-corrected chi connectivity index (χ0v) is 13.2. The van der Waals surface area contributed by atoms with Crippen molar-refractivity contribution in [3.8, 4) is 0 Å². The number of nitrogens with one attached hydrogen (secondary N) is 1. The Morgan fingerprint density at radius 3 is 2.85 bits per heavy atom. The van der Waals surface area contributed by atoms with Gasteiger partial charge in [0.25, 0.3) is 0 Å². The van der Waals surface area contributed by atoms with Gasteiger partial charge in [-0.1, -0.05) is 15.9 Å². The van der Waals surface area contributed by atoms with E-state index in [-0.39, 0.29) is 6.61 Å². The Balaban J connectivity index is 2.46. The number of aliphatic hydroxyl groups is 2. The second kappa shape index (κ2) is 6.51. The number of aryl methyl sites for hydroxylation is 1. The lowest BCUT2D eigenvalue weighted by Gasteiger charge is -2.33. The average Bonchev–Trinajstić information content (AvgIpc) is 2.41. The van der Waals surface area contributed by atoms with Crippen molar-refractivity contribution in [2.75, 3.05) is 29.9 Å². The first-order chi connectivity index (χ1) is 9.58. The Labute approximate surface area is 126 Å². The Morgan fingerprint density at radius 2 is 2.20 bits per heavy atom. The number of aliphatic hydroxyl groups excluding tert-OH is 2. The molecule has 110 valence electrons. The fraction of sp³-hybridized carbons (Fsp3) is 0.538. The van der Waals surface area contributed by atoms with Crippen LogP contribution < -0.4 is 10.2 Å². The predicted octanol–water partition coefficient (Wildman–Crippen LogP) is 1.47. The lowest BCUT2D eigenvalue weighted by Crippen LogP contribution is -2.40. The number of nitrogens with zero attached hydrogens (tertiary/aromatic N) is 3. The van der Waals surface area contributed by atoms with Crippen LogP contribution in [0.4, 0.5) is 11.8 Å². The zero-order chi connectivity index (χ0) is 14.7. The number of hydrogen-bond donors (Lipinski definition) is 3. The molecule has 2 rings (SSSR count). The summed E-state index contributed by atoms with van der Waals surface area (Å²) >= 11 is 3.38. The van der Waals surface area contributed by atoms with Gasteiger partial charge in [-0.05, 0) is 26.3 Å². The van der Waals surface area contributed by atoms with E-state index in [1.165, 1.54) is 0 Å². The van der Waals surface area contributed by atoms with Gasteiger partial charge in [-0.25, -0.2) is 4.98 Å². The normalized spacial score (nSPS) is 17.8. The largest absolute Gasteiger partial charge is 0.396 e. The number of rotatable bonds is 5. The van der Waals surface area contributed by atoms with Crippen molar-refractivity contribution < 1.29 is 10.2 Å². The van der Waals surface area contributed by atoms with Crippen LogP contribution in [0.5, 0.6) is 0 Å². The first kappa shape index (κ1) is 15.2. The smallest absolute Gasteiger partial charge is 0.224 e. The molecule has 6 nitrogen and oxygen atoms in total. The van der Waals surface area contributed by atoms with Crippen molar-refractivity contribution in [3.05, 3.63) is 15.7 Å². The molecule has 0 spiro atoms. The maximum Gasteiger partial charge on any atom is 0.224 e. The van der Waals surface area contributed by atoms with Gasteiger partial charge in [0.2, 0.25) is 5.95 Å². The Kier molecular flexibility index (Phi) is 4.95. The minimum atomic E-state index is -0.780. The monoisotopic (exact) mass is 342 g/mol. The van der Waals surface area contributed by atoms with Gasteiger partial charge in [-0.2, -0.15) is 4.98 Å². The molecule has 20 heavy (non-hydrogen) atoms. The van der Waals surface area contributed by atoms with Crippen LogP contribution in [-0.4, -0.2) is 46.1 Å². The number of hydrogen-bond acceptors (Lipinski definition) is 6. The molecule has 0 aromatic carbocycles. The Morgan fingerprint density at radius 1 is 1.45 bits per heavy atom. The lowest BCUT2D eigenvalue weighted by molar-refractivity contribution is 0.206.